The zero-order valence-corrected chi connectivity index (χ0v) is 22.5. The minimum Gasteiger partial charge on any atom is -0.490 e. The average molecular weight is 568 g/mol. The van der Waals surface area contributed by atoms with E-state index in [1.54, 1.807) is 18.5 Å². The lowest BCUT2D eigenvalue weighted by Crippen LogP contribution is -2.37. The Kier molecular flexibility index (Phi) is 8.11. The molecular formula is C27H31F2N9O3. The maximum atomic E-state index is 15.3. The number of rotatable bonds is 9. The summed E-state index contributed by atoms with van der Waals surface area (Å²) in [6, 6.07) is 4.77. The van der Waals surface area contributed by atoms with Gasteiger partial charge in [-0.05, 0) is 47.9 Å². The van der Waals surface area contributed by atoms with E-state index in [4.69, 9.17) is 19.9 Å². The molecule has 14 heteroatoms. The van der Waals surface area contributed by atoms with Gasteiger partial charge < -0.3 is 19.9 Å². The molecule has 2 fully saturated rings. The van der Waals surface area contributed by atoms with E-state index in [1.807, 2.05) is 10.9 Å². The number of tetrazole rings is 1. The Bertz CT molecular complexity index is 1480. The molecule has 0 unspecified atom stereocenters. The second kappa shape index (κ2) is 12.2. The van der Waals surface area contributed by atoms with Crippen molar-refractivity contribution in [1.29, 1.82) is 0 Å². The number of aromatic nitrogens is 7. The molecule has 2 aliphatic rings. The second-order valence-electron chi connectivity index (χ2n) is 9.99. The highest BCUT2D eigenvalue weighted by molar-refractivity contribution is 5.76. The summed E-state index contributed by atoms with van der Waals surface area (Å²) in [6.07, 6.45) is 7.79. The van der Waals surface area contributed by atoms with Gasteiger partial charge in [-0.1, -0.05) is 0 Å². The van der Waals surface area contributed by atoms with Crippen molar-refractivity contribution >= 4 is 5.82 Å². The molecule has 216 valence electrons. The van der Waals surface area contributed by atoms with Crippen LogP contribution in [0.25, 0.3) is 28.2 Å². The number of morpholine rings is 1. The summed E-state index contributed by atoms with van der Waals surface area (Å²) in [5.74, 6) is -2.17. The topological polar surface area (TPSA) is 131 Å². The first-order valence-corrected chi connectivity index (χ1v) is 13.7. The van der Waals surface area contributed by atoms with Crippen molar-refractivity contribution in [1.82, 2.24) is 39.9 Å². The van der Waals surface area contributed by atoms with E-state index >= 15 is 8.78 Å². The third kappa shape index (κ3) is 5.89. The molecule has 4 aromatic rings. The summed E-state index contributed by atoms with van der Waals surface area (Å²) in [7, 11) is 0. The third-order valence-corrected chi connectivity index (χ3v) is 7.36. The van der Waals surface area contributed by atoms with Crippen LogP contribution < -0.4 is 10.5 Å². The van der Waals surface area contributed by atoms with Crippen LogP contribution >= 0.6 is 0 Å². The summed E-state index contributed by atoms with van der Waals surface area (Å²) in [5, 5.41) is 16.2. The average Bonchev–Trinajstić information content (AvgIpc) is 3.70. The van der Waals surface area contributed by atoms with Gasteiger partial charge in [-0.15, -0.1) is 5.10 Å². The number of halogens is 2. The molecule has 2 N–H and O–H groups in total. The summed E-state index contributed by atoms with van der Waals surface area (Å²) in [4.78, 5) is 6.56. The van der Waals surface area contributed by atoms with Crippen molar-refractivity contribution in [2.24, 2.45) is 0 Å². The molecule has 0 saturated carbocycles. The summed E-state index contributed by atoms with van der Waals surface area (Å²) < 4.78 is 49.7. The van der Waals surface area contributed by atoms with Crippen LogP contribution in [0.15, 0.2) is 36.8 Å². The lowest BCUT2D eigenvalue weighted by atomic mass is 10.1. The number of anilines is 1. The Hall–Kier alpha value is -4.01. The van der Waals surface area contributed by atoms with Gasteiger partial charge in [0.15, 0.2) is 17.4 Å². The van der Waals surface area contributed by atoms with E-state index < -0.39 is 11.6 Å². The smallest absolute Gasteiger partial charge is 0.202 e. The normalized spacial score (nSPS) is 16.7. The molecule has 0 amide bonds. The monoisotopic (exact) mass is 567 g/mol. The Morgan fingerprint density at radius 1 is 1.00 bits per heavy atom. The predicted octanol–water partition coefficient (Wildman–Crippen LogP) is 2.90. The fourth-order valence-electron chi connectivity index (χ4n) is 5.06. The van der Waals surface area contributed by atoms with Crippen molar-refractivity contribution in [2.75, 3.05) is 58.4 Å². The van der Waals surface area contributed by atoms with Crippen LogP contribution in [0, 0.1) is 11.6 Å². The van der Waals surface area contributed by atoms with Gasteiger partial charge in [-0.2, -0.15) is 14.2 Å². The second-order valence-corrected chi connectivity index (χ2v) is 9.99. The van der Waals surface area contributed by atoms with E-state index in [0.29, 0.717) is 38.4 Å². The molecule has 41 heavy (non-hydrogen) atoms. The fourth-order valence-corrected chi connectivity index (χ4v) is 5.06. The molecule has 0 radical (unpaired) electrons. The first-order valence-electron chi connectivity index (χ1n) is 13.7. The number of hydrogen-bond donors (Lipinski definition) is 1. The molecule has 3 aromatic heterocycles. The van der Waals surface area contributed by atoms with E-state index in [-0.39, 0.29) is 35.7 Å². The summed E-state index contributed by atoms with van der Waals surface area (Å²) in [5.41, 5.74) is 7.94. The van der Waals surface area contributed by atoms with Crippen LogP contribution in [-0.4, -0.2) is 92.5 Å². The number of ether oxygens (including phenoxy) is 3. The first kappa shape index (κ1) is 27.2. The number of hydrogen-bond acceptors (Lipinski definition) is 10. The highest BCUT2D eigenvalue weighted by atomic mass is 19.2. The van der Waals surface area contributed by atoms with E-state index in [2.05, 4.69) is 30.5 Å². The van der Waals surface area contributed by atoms with Gasteiger partial charge in [-0.25, -0.2) is 9.37 Å². The molecule has 12 nitrogen and oxygen atoms in total. The zero-order valence-electron chi connectivity index (χ0n) is 22.5. The van der Waals surface area contributed by atoms with Crippen LogP contribution in [0.4, 0.5) is 14.6 Å². The maximum absolute atomic E-state index is 15.3. The van der Waals surface area contributed by atoms with E-state index in [9.17, 15) is 0 Å². The Morgan fingerprint density at radius 3 is 2.63 bits per heavy atom. The summed E-state index contributed by atoms with van der Waals surface area (Å²) in [6.45, 7) is 5.57. The Balaban J connectivity index is 1.20. The Morgan fingerprint density at radius 2 is 1.80 bits per heavy atom. The zero-order chi connectivity index (χ0) is 28.2. The van der Waals surface area contributed by atoms with Crippen molar-refractivity contribution in [2.45, 2.75) is 25.3 Å². The molecular weight excluding hydrogens is 536 g/mol. The van der Waals surface area contributed by atoms with Crippen LogP contribution in [0.5, 0.6) is 5.75 Å². The van der Waals surface area contributed by atoms with Gasteiger partial charge in [0.05, 0.1) is 37.6 Å². The number of nitrogens with zero attached hydrogens (tertiary/aromatic N) is 8. The van der Waals surface area contributed by atoms with Crippen molar-refractivity contribution in [3.8, 4) is 34.0 Å². The highest BCUT2D eigenvalue weighted by Crippen LogP contribution is 2.32. The quantitative estimate of drug-likeness (QED) is 0.301. The Labute approximate surface area is 235 Å². The fraction of sp³-hybridized carbons (Fsp3) is 0.444. The molecule has 1 aromatic carbocycles. The van der Waals surface area contributed by atoms with Crippen LogP contribution in [0.2, 0.25) is 0 Å². The van der Waals surface area contributed by atoms with Crippen molar-refractivity contribution in [3.05, 3.63) is 48.4 Å². The molecule has 0 bridgehead atoms. The highest BCUT2D eigenvalue weighted by Gasteiger charge is 2.23. The van der Waals surface area contributed by atoms with Crippen molar-refractivity contribution < 1.29 is 23.0 Å². The van der Waals surface area contributed by atoms with Gasteiger partial charge in [0.25, 0.3) is 0 Å². The molecule has 6 rings (SSSR count). The van der Waals surface area contributed by atoms with Gasteiger partial charge >= 0.3 is 0 Å². The van der Waals surface area contributed by atoms with Gasteiger partial charge in [0.1, 0.15) is 11.5 Å². The molecule has 0 atom stereocenters. The lowest BCUT2D eigenvalue weighted by Gasteiger charge is -2.26. The van der Waals surface area contributed by atoms with Gasteiger partial charge in [0, 0.05) is 56.4 Å². The van der Waals surface area contributed by atoms with E-state index in [0.717, 1.165) is 48.3 Å². The summed E-state index contributed by atoms with van der Waals surface area (Å²) >= 11 is 0. The maximum Gasteiger partial charge on any atom is 0.202 e. The van der Waals surface area contributed by atoms with E-state index in [1.165, 1.54) is 12.1 Å². The lowest BCUT2D eigenvalue weighted by molar-refractivity contribution is 0.0357. The predicted molar refractivity (Wildman–Crippen MR) is 144 cm³/mol. The van der Waals surface area contributed by atoms with Crippen LogP contribution in [0.3, 0.4) is 0 Å². The number of pyridine rings is 1. The van der Waals surface area contributed by atoms with Crippen LogP contribution in [-0.2, 0) is 9.47 Å². The molecule has 0 aliphatic carbocycles. The molecule has 2 aliphatic heterocycles. The molecule has 2 saturated heterocycles. The first-order chi connectivity index (χ1) is 20.1. The van der Waals surface area contributed by atoms with Crippen LogP contribution in [0.1, 0.15) is 25.3 Å². The minimum absolute atomic E-state index is 0.117. The third-order valence-electron chi connectivity index (χ3n) is 7.36. The minimum atomic E-state index is -1.13. The number of nitrogens with two attached hydrogens (primary N) is 1. The molecule has 0 spiro atoms. The van der Waals surface area contributed by atoms with Crippen molar-refractivity contribution in [3.63, 3.8) is 0 Å². The van der Waals surface area contributed by atoms with Gasteiger partial charge in [-0.3, -0.25) is 9.58 Å². The molecule has 5 heterocycles. The standard InChI is InChI=1S/C27H31F2N9O3/c28-24-22(2-3-23(25(24)29)41-9-1-6-36-7-12-40-13-8-36)38-27(33-34-35-38)21-14-18(15-31-26(21)30)19-16-32-37(17-19)20-4-10-39-11-5-20/h2-3,14-17,20H,1,4-13H2,(H2,30,31). The SMILES string of the molecule is Nc1ncc(-c2cnn(C3CCOCC3)c2)cc1-c1nnnn1-c1ccc(OCCCN2CCOCC2)c(F)c1F. The number of nitrogen functional groups attached to an aromatic ring is 1. The number of benzene rings is 1. The van der Waals surface area contributed by atoms with Gasteiger partial charge in [0.2, 0.25) is 5.82 Å². The largest absolute Gasteiger partial charge is 0.490 e.